The molecule has 9 nitrogen and oxygen atoms in total. The number of allylic oxidation sites excluding steroid dienone is 4. The van der Waals surface area contributed by atoms with Crippen LogP contribution in [0.25, 0.3) is 0 Å². The summed E-state index contributed by atoms with van der Waals surface area (Å²) in [7, 11) is 1.50. The summed E-state index contributed by atoms with van der Waals surface area (Å²) >= 11 is 0. The molecule has 10 heteroatoms. The van der Waals surface area contributed by atoms with Crippen LogP contribution in [0.2, 0.25) is 0 Å². The molecule has 0 rings (SSSR count). The maximum atomic E-state index is 12.9. The highest BCUT2D eigenvalue weighted by Gasteiger charge is 2.27. The lowest BCUT2D eigenvalue weighted by atomic mass is 10.0. The molecule has 0 aliphatic heterocycles. The smallest absolute Gasteiger partial charge is 0.462 e. The van der Waals surface area contributed by atoms with Gasteiger partial charge in [-0.05, 0) is 44.9 Å². The Bertz CT molecular complexity index is 1400. The fourth-order valence-corrected chi connectivity index (χ4v) is 11.3. The predicted octanol–water partition coefficient (Wildman–Crippen LogP) is 22.5. The van der Waals surface area contributed by atoms with Crippen LogP contribution in [0.15, 0.2) is 24.3 Å². The first-order valence-electron chi connectivity index (χ1n) is 35.1. The standard InChI is InChI=1S/C70H136NO8P/c1-6-8-10-12-14-16-18-20-22-24-26-28-29-30-31-32-33-34-35-36-37-38-39-40-41-43-45-47-49-51-53-55-57-59-61-63-70(73)79-68(67-78-80(74,75)77-65-64-71(3,4)5)66-76-69(72)62-60-58-56-54-52-50-48-46-44-42-27-25-23-21-19-17-15-13-11-9-7-2/h18,20,24,26,68H,6-17,19,21-23,25,27-67H2,1-5H3/p+1/b20-18-,26-24-. The number of hydrogen-bond acceptors (Lipinski definition) is 7. The third-order valence-electron chi connectivity index (χ3n) is 16.0. The number of ether oxygens (including phenoxy) is 2. The molecule has 0 radical (unpaired) electrons. The molecule has 0 aromatic rings. The molecule has 0 bridgehead atoms. The zero-order valence-corrected chi connectivity index (χ0v) is 55.0. The maximum Gasteiger partial charge on any atom is 0.472 e. The van der Waals surface area contributed by atoms with Crippen LogP contribution in [0.4, 0.5) is 0 Å². The van der Waals surface area contributed by atoms with Gasteiger partial charge in [0, 0.05) is 12.8 Å². The third-order valence-corrected chi connectivity index (χ3v) is 17.0. The van der Waals surface area contributed by atoms with Crippen LogP contribution in [-0.4, -0.2) is 74.9 Å². The number of phosphoric acid groups is 1. The topological polar surface area (TPSA) is 108 Å². The van der Waals surface area contributed by atoms with Gasteiger partial charge in [0.2, 0.25) is 0 Å². The minimum atomic E-state index is -4.38. The molecule has 0 amide bonds. The maximum absolute atomic E-state index is 12.9. The quantitative estimate of drug-likeness (QED) is 0.0211. The van der Waals surface area contributed by atoms with E-state index in [0.717, 1.165) is 44.9 Å². The molecule has 0 saturated heterocycles. The molecule has 0 aliphatic carbocycles. The van der Waals surface area contributed by atoms with Crippen molar-refractivity contribution in [1.29, 1.82) is 0 Å². The van der Waals surface area contributed by atoms with Gasteiger partial charge in [0.05, 0.1) is 27.7 Å². The lowest BCUT2D eigenvalue weighted by Crippen LogP contribution is -2.37. The summed E-state index contributed by atoms with van der Waals surface area (Å²) in [6, 6.07) is 0. The van der Waals surface area contributed by atoms with Crippen molar-refractivity contribution in [3.8, 4) is 0 Å². The number of quaternary nitrogens is 1. The van der Waals surface area contributed by atoms with Crippen LogP contribution in [0.3, 0.4) is 0 Å². The summed E-state index contributed by atoms with van der Waals surface area (Å²) in [5.41, 5.74) is 0. The fourth-order valence-electron chi connectivity index (χ4n) is 10.6. The third kappa shape index (κ3) is 65.6. The van der Waals surface area contributed by atoms with Crippen molar-refractivity contribution in [2.24, 2.45) is 0 Å². The Morgan fingerprint density at radius 3 is 0.988 bits per heavy atom. The van der Waals surface area contributed by atoms with Gasteiger partial charge in [-0.2, -0.15) is 0 Å². The number of carbonyl (C=O) groups is 2. The second-order valence-electron chi connectivity index (χ2n) is 25.3. The molecule has 0 saturated carbocycles. The van der Waals surface area contributed by atoms with E-state index in [-0.39, 0.29) is 25.6 Å². The van der Waals surface area contributed by atoms with Crippen LogP contribution < -0.4 is 0 Å². The van der Waals surface area contributed by atoms with Crippen molar-refractivity contribution in [2.75, 3.05) is 47.5 Å². The van der Waals surface area contributed by atoms with Gasteiger partial charge in [-0.3, -0.25) is 18.6 Å². The van der Waals surface area contributed by atoms with E-state index in [2.05, 4.69) is 38.2 Å². The monoisotopic (exact) mass is 1150 g/mol. The zero-order chi connectivity index (χ0) is 58.4. The highest BCUT2D eigenvalue weighted by atomic mass is 31.2. The van der Waals surface area contributed by atoms with Crippen molar-refractivity contribution >= 4 is 19.8 Å². The van der Waals surface area contributed by atoms with E-state index in [1.54, 1.807) is 0 Å². The molecule has 80 heavy (non-hydrogen) atoms. The number of hydrogen-bond donors (Lipinski definition) is 1. The number of likely N-dealkylation sites (N-methyl/N-ethyl adjacent to an activating group) is 1. The Kier molecular flexibility index (Phi) is 60.9. The van der Waals surface area contributed by atoms with Crippen molar-refractivity contribution in [1.82, 2.24) is 0 Å². The van der Waals surface area contributed by atoms with Crippen molar-refractivity contribution in [2.45, 2.75) is 367 Å². The molecule has 474 valence electrons. The Morgan fingerprint density at radius 1 is 0.388 bits per heavy atom. The SMILES string of the molecule is CCCCCCC/C=C\C/C=C\CCCCCCCCCCCCCCCCCCCCCCCCCC(=O)OC(COC(=O)CCCCCCCCCCCCCCCCCCCCCCC)COP(=O)(O)OCC[N+](C)(C)C. The Morgan fingerprint density at radius 2 is 0.675 bits per heavy atom. The second kappa shape index (κ2) is 62.0. The predicted molar refractivity (Wildman–Crippen MR) is 344 cm³/mol. The fraction of sp³-hybridized carbons (Fsp3) is 0.914. The average Bonchev–Trinajstić information content (AvgIpc) is 3.42. The molecule has 2 unspecified atom stereocenters. The first-order valence-corrected chi connectivity index (χ1v) is 36.6. The first-order chi connectivity index (χ1) is 39.0. The summed E-state index contributed by atoms with van der Waals surface area (Å²) in [6.45, 7) is 4.50. The average molecular weight is 1150 g/mol. The number of rotatable bonds is 66. The van der Waals surface area contributed by atoms with E-state index < -0.39 is 26.5 Å². The van der Waals surface area contributed by atoms with Crippen molar-refractivity contribution in [3.63, 3.8) is 0 Å². The van der Waals surface area contributed by atoms with E-state index in [1.807, 2.05) is 21.1 Å². The van der Waals surface area contributed by atoms with Gasteiger partial charge in [0.1, 0.15) is 19.8 Å². The highest BCUT2D eigenvalue weighted by Crippen LogP contribution is 2.43. The van der Waals surface area contributed by atoms with Crippen LogP contribution in [0, 0.1) is 0 Å². The summed E-state index contributed by atoms with van der Waals surface area (Å²) in [6.07, 6.45) is 77.2. The van der Waals surface area contributed by atoms with Gasteiger partial charge in [0.15, 0.2) is 6.10 Å². The van der Waals surface area contributed by atoms with Crippen LogP contribution >= 0.6 is 7.82 Å². The first kappa shape index (κ1) is 78.5. The lowest BCUT2D eigenvalue weighted by molar-refractivity contribution is -0.870. The van der Waals surface area contributed by atoms with Gasteiger partial charge >= 0.3 is 19.8 Å². The van der Waals surface area contributed by atoms with Crippen molar-refractivity contribution < 1.29 is 42.1 Å². The van der Waals surface area contributed by atoms with Gasteiger partial charge in [-0.1, -0.05) is 327 Å². The van der Waals surface area contributed by atoms with E-state index in [4.69, 9.17) is 18.5 Å². The van der Waals surface area contributed by atoms with E-state index in [1.165, 1.54) is 289 Å². The second-order valence-corrected chi connectivity index (χ2v) is 26.7. The van der Waals surface area contributed by atoms with E-state index in [9.17, 15) is 19.0 Å². The summed E-state index contributed by atoms with van der Waals surface area (Å²) in [5.74, 6) is -0.772. The van der Waals surface area contributed by atoms with Gasteiger partial charge in [-0.15, -0.1) is 0 Å². The van der Waals surface area contributed by atoms with Gasteiger partial charge < -0.3 is 18.9 Å². The Hall–Kier alpha value is -1.51. The van der Waals surface area contributed by atoms with Crippen molar-refractivity contribution in [3.05, 3.63) is 24.3 Å². The molecule has 2 atom stereocenters. The van der Waals surface area contributed by atoms with Crippen LogP contribution in [0.1, 0.15) is 361 Å². The Balaban J connectivity index is 3.95. The lowest BCUT2D eigenvalue weighted by Gasteiger charge is -2.24. The highest BCUT2D eigenvalue weighted by molar-refractivity contribution is 7.47. The number of nitrogens with zero attached hydrogens (tertiary/aromatic N) is 1. The van der Waals surface area contributed by atoms with E-state index in [0.29, 0.717) is 17.4 Å². The summed E-state index contributed by atoms with van der Waals surface area (Å²) in [4.78, 5) is 35.8. The molecule has 0 aromatic heterocycles. The van der Waals surface area contributed by atoms with Crippen LogP contribution in [-0.2, 0) is 32.7 Å². The van der Waals surface area contributed by atoms with Gasteiger partial charge in [-0.25, -0.2) is 4.57 Å². The zero-order valence-electron chi connectivity index (χ0n) is 54.1. The molecule has 0 fully saturated rings. The molecule has 0 heterocycles. The molecule has 0 aromatic carbocycles. The van der Waals surface area contributed by atoms with Crippen LogP contribution in [0.5, 0.6) is 0 Å². The van der Waals surface area contributed by atoms with E-state index >= 15 is 0 Å². The molecular formula is C70H137NO8P+. The number of esters is 2. The molecular weight excluding hydrogens is 1010 g/mol. The minimum absolute atomic E-state index is 0.0361. The minimum Gasteiger partial charge on any atom is -0.462 e. The normalized spacial score (nSPS) is 13.2. The largest absolute Gasteiger partial charge is 0.472 e. The molecule has 0 aliphatic rings. The molecule has 0 spiro atoms. The summed E-state index contributed by atoms with van der Waals surface area (Å²) in [5, 5.41) is 0. The van der Waals surface area contributed by atoms with Gasteiger partial charge in [0.25, 0.3) is 0 Å². The number of phosphoric ester groups is 1. The Labute approximate surface area is 498 Å². The number of carbonyl (C=O) groups excluding carboxylic acids is 2. The summed E-state index contributed by atoms with van der Waals surface area (Å²) < 4.78 is 34.7. The number of unbranched alkanes of at least 4 members (excludes halogenated alkanes) is 48. The molecule has 1 N–H and O–H groups in total.